The van der Waals surface area contributed by atoms with E-state index in [1.807, 2.05) is 41.8 Å². The maximum absolute atomic E-state index is 13.0. The van der Waals surface area contributed by atoms with Crippen molar-refractivity contribution < 1.29 is 14.3 Å². The second kappa shape index (κ2) is 11.9. The van der Waals surface area contributed by atoms with Crippen LogP contribution in [0.3, 0.4) is 0 Å². The van der Waals surface area contributed by atoms with E-state index in [-0.39, 0.29) is 11.7 Å². The monoisotopic (exact) mass is 552 g/mol. The number of nitrogens with one attached hydrogen (secondary N) is 1. The SMILES string of the molecule is C=CCn1c(SCC(=O)Nc2sc(C)c(-c3ccccc3)c2C(=O)OC)nnc1-c1csc(C)c1CC. The van der Waals surface area contributed by atoms with Gasteiger partial charge in [-0.25, -0.2) is 4.79 Å². The number of esters is 1. The minimum absolute atomic E-state index is 0.108. The molecule has 0 aliphatic rings. The van der Waals surface area contributed by atoms with Crippen LogP contribution in [0.1, 0.15) is 32.6 Å². The molecule has 7 nitrogen and oxygen atoms in total. The summed E-state index contributed by atoms with van der Waals surface area (Å²) in [6.07, 6.45) is 2.70. The molecule has 4 rings (SSSR count). The summed E-state index contributed by atoms with van der Waals surface area (Å²) in [4.78, 5) is 27.9. The number of hydrogen-bond acceptors (Lipinski definition) is 8. The number of methoxy groups -OCH3 is 1. The van der Waals surface area contributed by atoms with E-state index in [2.05, 4.69) is 41.3 Å². The van der Waals surface area contributed by atoms with Gasteiger partial charge in [0.1, 0.15) is 10.6 Å². The van der Waals surface area contributed by atoms with Crippen LogP contribution in [0.4, 0.5) is 5.00 Å². The van der Waals surface area contributed by atoms with Crippen molar-refractivity contribution in [3.8, 4) is 22.5 Å². The number of anilines is 1. The molecule has 1 amide bonds. The Morgan fingerprint density at radius 3 is 2.62 bits per heavy atom. The van der Waals surface area contributed by atoms with Crippen molar-refractivity contribution in [1.29, 1.82) is 0 Å². The van der Waals surface area contributed by atoms with Crippen LogP contribution in [0, 0.1) is 13.8 Å². The molecule has 0 aliphatic heterocycles. The molecule has 0 fully saturated rings. The number of aromatic nitrogens is 3. The first-order chi connectivity index (χ1) is 17.9. The van der Waals surface area contributed by atoms with Gasteiger partial charge >= 0.3 is 5.97 Å². The third kappa shape index (κ3) is 5.56. The maximum atomic E-state index is 13.0. The predicted octanol–water partition coefficient (Wildman–Crippen LogP) is 6.62. The maximum Gasteiger partial charge on any atom is 0.341 e. The van der Waals surface area contributed by atoms with E-state index < -0.39 is 5.97 Å². The molecule has 0 bridgehead atoms. The normalized spacial score (nSPS) is 10.9. The zero-order chi connectivity index (χ0) is 26.5. The summed E-state index contributed by atoms with van der Waals surface area (Å²) in [5.41, 5.74) is 4.36. The third-order valence-corrected chi connectivity index (χ3v) is 8.79. The van der Waals surface area contributed by atoms with Crippen molar-refractivity contribution in [2.75, 3.05) is 18.2 Å². The molecule has 0 atom stereocenters. The molecule has 1 N–H and O–H groups in total. The Labute approximate surface area is 228 Å². The molecule has 1 aromatic carbocycles. The molecule has 0 saturated heterocycles. The lowest BCUT2D eigenvalue weighted by atomic mass is 10.0. The number of aryl methyl sites for hydroxylation is 2. The molecule has 0 unspecified atom stereocenters. The summed E-state index contributed by atoms with van der Waals surface area (Å²) in [7, 11) is 1.34. The number of nitrogens with zero attached hydrogens (tertiary/aromatic N) is 3. The fraction of sp³-hybridized carbons (Fsp3) is 0.259. The van der Waals surface area contributed by atoms with Gasteiger partial charge < -0.3 is 10.1 Å². The van der Waals surface area contributed by atoms with E-state index in [0.29, 0.717) is 22.3 Å². The summed E-state index contributed by atoms with van der Waals surface area (Å²) in [6, 6.07) is 9.62. The highest BCUT2D eigenvalue weighted by Crippen LogP contribution is 2.40. The first kappa shape index (κ1) is 26.8. The number of thioether (sulfide) groups is 1. The van der Waals surface area contributed by atoms with Gasteiger partial charge in [-0.05, 0) is 31.4 Å². The van der Waals surface area contributed by atoms with E-state index >= 15 is 0 Å². The standard InChI is InChI=1S/C27H28N4O3S3/c1-6-13-31-24(20-14-35-16(3)19(20)7-2)29-30-27(31)36-15-21(32)28-25-23(26(33)34-5)22(17(4)37-25)18-11-9-8-10-12-18/h6,8-12,14H,1,7,13,15H2,2-5H3,(H,28,32). The van der Waals surface area contributed by atoms with Crippen molar-refractivity contribution in [1.82, 2.24) is 14.8 Å². The topological polar surface area (TPSA) is 86.1 Å². The van der Waals surface area contributed by atoms with Crippen LogP contribution in [0.15, 0.2) is 53.5 Å². The molecule has 0 spiro atoms. The van der Waals surface area contributed by atoms with E-state index in [0.717, 1.165) is 33.8 Å². The summed E-state index contributed by atoms with van der Waals surface area (Å²) < 4.78 is 7.03. The summed E-state index contributed by atoms with van der Waals surface area (Å²) in [5.74, 6) is 0.153. The van der Waals surface area contributed by atoms with Crippen LogP contribution >= 0.6 is 34.4 Å². The van der Waals surface area contributed by atoms with Gasteiger partial charge in [-0.15, -0.1) is 39.4 Å². The summed E-state index contributed by atoms with van der Waals surface area (Å²) in [6.45, 7) is 10.6. The van der Waals surface area contributed by atoms with E-state index in [1.165, 1.54) is 40.6 Å². The van der Waals surface area contributed by atoms with Crippen molar-refractivity contribution >= 4 is 51.3 Å². The average molecular weight is 553 g/mol. The molecule has 3 aromatic heterocycles. The van der Waals surface area contributed by atoms with Gasteiger partial charge in [0.2, 0.25) is 5.91 Å². The van der Waals surface area contributed by atoms with Gasteiger partial charge in [-0.2, -0.15) is 0 Å². The summed E-state index contributed by atoms with van der Waals surface area (Å²) >= 11 is 4.36. The Kier molecular flexibility index (Phi) is 8.63. The zero-order valence-electron chi connectivity index (χ0n) is 21.2. The van der Waals surface area contributed by atoms with Crippen LogP contribution in [0.2, 0.25) is 0 Å². The lowest BCUT2D eigenvalue weighted by molar-refractivity contribution is -0.113. The van der Waals surface area contributed by atoms with Gasteiger partial charge in [-0.3, -0.25) is 9.36 Å². The number of carbonyl (C=O) groups excluding carboxylic acids is 2. The van der Waals surface area contributed by atoms with Crippen LogP contribution in [0.5, 0.6) is 0 Å². The molecule has 10 heteroatoms. The fourth-order valence-corrected chi connectivity index (χ4v) is 6.94. The number of rotatable bonds is 10. The second-order valence-corrected chi connectivity index (χ2v) is 11.4. The number of allylic oxidation sites excluding steroid dienone is 1. The lowest BCUT2D eigenvalue weighted by Gasteiger charge is -2.09. The number of ether oxygens (including phenoxy) is 1. The number of amides is 1. The molecule has 37 heavy (non-hydrogen) atoms. The highest BCUT2D eigenvalue weighted by Gasteiger charge is 2.25. The minimum atomic E-state index is -0.487. The number of hydrogen-bond donors (Lipinski definition) is 1. The summed E-state index contributed by atoms with van der Waals surface area (Å²) in [5, 5.41) is 15.0. The van der Waals surface area contributed by atoms with Crippen LogP contribution in [-0.4, -0.2) is 39.5 Å². The number of thiophene rings is 2. The lowest BCUT2D eigenvalue weighted by Crippen LogP contribution is -2.16. The Hall–Kier alpha value is -3.21. The Balaban J connectivity index is 1.56. The van der Waals surface area contributed by atoms with Gasteiger partial charge in [0.15, 0.2) is 11.0 Å². The Morgan fingerprint density at radius 1 is 1.19 bits per heavy atom. The average Bonchev–Trinajstić information content (AvgIpc) is 3.57. The molecule has 0 saturated carbocycles. The van der Waals surface area contributed by atoms with Crippen molar-refractivity contribution in [3.63, 3.8) is 0 Å². The molecule has 3 heterocycles. The molecule has 4 aromatic rings. The number of benzene rings is 1. The first-order valence-corrected chi connectivity index (χ1v) is 14.4. The molecule has 192 valence electrons. The second-order valence-electron chi connectivity index (χ2n) is 8.17. The Morgan fingerprint density at radius 2 is 1.95 bits per heavy atom. The Bertz CT molecular complexity index is 1440. The smallest absolute Gasteiger partial charge is 0.341 e. The van der Waals surface area contributed by atoms with E-state index in [1.54, 1.807) is 17.4 Å². The zero-order valence-corrected chi connectivity index (χ0v) is 23.6. The predicted molar refractivity (Wildman–Crippen MR) is 153 cm³/mol. The minimum Gasteiger partial charge on any atom is -0.465 e. The van der Waals surface area contributed by atoms with Gasteiger partial charge in [0.05, 0.1) is 12.9 Å². The van der Waals surface area contributed by atoms with E-state index in [4.69, 9.17) is 4.74 Å². The largest absolute Gasteiger partial charge is 0.465 e. The third-order valence-electron chi connectivity index (χ3n) is 5.85. The van der Waals surface area contributed by atoms with Crippen LogP contribution < -0.4 is 5.32 Å². The van der Waals surface area contributed by atoms with Gasteiger partial charge in [-0.1, -0.05) is 55.1 Å². The first-order valence-electron chi connectivity index (χ1n) is 11.7. The van der Waals surface area contributed by atoms with Crippen molar-refractivity contribution in [2.24, 2.45) is 0 Å². The fourth-order valence-electron chi connectivity index (χ4n) is 4.17. The quantitative estimate of drug-likeness (QED) is 0.135. The van der Waals surface area contributed by atoms with Crippen molar-refractivity contribution in [3.05, 3.63) is 69.2 Å². The molecule has 0 aliphatic carbocycles. The molecule has 0 radical (unpaired) electrons. The highest BCUT2D eigenvalue weighted by atomic mass is 32.2. The van der Waals surface area contributed by atoms with Crippen molar-refractivity contribution in [2.45, 2.75) is 38.9 Å². The number of carbonyl (C=O) groups is 2. The van der Waals surface area contributed by atoms with Gasteiger partial charge in [0.25, 0.3) is 0 Å². The van der Waals surface area contributed by atoms with Crippen LogP contribution in [0.25, 0.3) is 22.5 Å². The highest BCUT2D eigenvalue weighted by molar-refractivity contribution is 7.99. The molecular weight excluding hydrogens is 525 g/mol. The molecular formula is C27H28N4O3S3. The van der Waals surface area contributed by atoms with Gasteiger partial charge in [0, 0.05) is 32.8 Å². The van der Waals surface area contributed by atoms with E-state index in [9.17, 15) is 9.59 Å². The van der Waals surface area contributed by atoms with Crippen LogP contribution in [-0.2, 0) is 22.5 Å².